The third kappa shape index (κ3) is 3.49. The van der Waals surface area contributed by atoms with Gasteiger partial charge < -0.3 is 0 Å². The number of aryl methyl sites for hydroxylation is 2. The molecule has 0 radical (unpaired) electrons. The smallest absolute Gasteiger partial charge is 0.243 e. The van der Waals surface area contributed by atoms with Gasteiger partial charge in [0.15, 0.2) is 0 Å². The highest BCUT2D eigenvalue weighted by atomic mass is 32.2. The van der Waals surface area contributed by atoms with E-state index in [1.807, 2.05) is 51.1 Å². The number of hydrogen-bond donors (Lipinski definition) is 0. The highest BCUT2D eigenvalue weighted by molar-refractivity contribution is 7.89. The third-order valence-corrected chi connectivity index (χ3v) is 5.43. The summed E-state index contributed by atoms with van der Waals surface area (Å²) in [7, 11) is -3.50. The van der Waals surface area contributed by atoms with Crippen molar-refractivity contribution in [2.24, 2.45) is 0 Å². The molecule has 1 heterocycles. The molecule has 0 atom stereocenters. The fourth-order valence-corrected chi connectivity index (χ4v) is 3.87. The van der Waals surface area contributed by atoms with Crippen LogP contribution in [0.3, 0.4) is 0 Å². The first-order valence-corrected chi connectivity index (χ1v) is 8.37. The monoisotopic (exact) mass is 304 g/mol. The van der Waals surface area contributed by atoms with E-state index in [1.165, 1.54) is 4.31 Å². The van der Waals surface area contributed by atoms with Crippen LogP contribution in [0.5, 0.6) is 0 Å². The van der Waals surface area contributed by atoms with Gasteiger partial charge in [-0.3, -0.25) is 4.98 Å². The van der Waals surface area contributed by atoms with E-state index in [4.69, 9.17) is 0 Å². The van der Waals surface area contributed by atoms with Crippen molar-refractivity contribution in [1.82, 2.24) is 9.29 Å². The lowest BCUT2D eigenvalue weighted by Crippen LogP contribution is -2.31. The third-order valence-electron chi connectivity index (χ3n) is 3.35. The summed E-state index contributed by atoms with van der Waals surface area (Å²) >= 11 is 0. The molecule has 0 saturated heterocycles. The standard InChI is InChI=1S/C16H20N2O2S/c1-4-18(12-15-10-7-9-14(3)17-15)21(19,20)16-11-6-5-8-13(16)2/h5-11H,4,12H2,1-3H3. The van der Waals surface area contributed by atoms with Crippen molar-refractivity contribution in [3.8, 4) is 0 Å². The Morgan fingerprint density at radius 1 is 1.05 bits per heavy atom. The summed E-state index contributed by atoms with van der Waals surface area (Å²) in [5, 5.41) is 0. The molecule has 1 aromatic heterocycles. The number of pyridine rings is 1. The first-order chi connectivity index (χ1) is 9.95. The van der Waals surface area contributed by atoms with Crippen LogP contribution in [0.15, 0.2) is 47.4 Å². The number of hydrogen-bond acceptors (Lipinski definition) is 3. The maximum atomic E-state index is 12.8. The zero-order chi connectivity index (χ0) is 15.5. The van der Waals surface area contributed by atoms with Crippen LogP contribution in [-0.2, 0) is 16.6 Å². The maximum Gasteiger partial charge on any atom is 0.243 e. The molecule has 21 heavy (non-hydrogen) atoms. The zero-order valence-corrected chi connectivity index (χ0v) is 13.4. The second kappa shape index (κ2) is 6.37. The second-order valence-electron chi connectivity index (χ2n) is 4.97. The van der Waals surface area contributed by atoms with Gasteiger partial charge in [-0.25, -0.2) is 8.42 Å². The molecule has 0 fully saturated rings. The van der Waals surface area contributed by atoms with Gasteiger partial charge in [-0.2, -0.15) is 4.31 Å². The predicted octanol–water partition coefficient (Wildman–Crippen LogP) is 2.91. The van der Waals surface area contributed by atoms with Crippen LogP contribution in [-0.4, -0.2) is 24.3 Å². The number of aromatic nitrogens is 1. The van der Waals surface area contributed by atoms with Gasteiger partial charge in [-0.05, 0) is 37.6 Å². The van der Waals surface area contributed by atoms with E-state index in [-0.39, 0.29) is 6.54 Å². The fraction of sp³-hybridized carbons (Fsp3) is 0.312. The van der Waals surface area contributed by atoms with Crippen LogP contribution in [0, 0.1) is 13.8 Å². The molecule has 4 nitrogen and oxygen atoms in total. The van der Waals surface area contributed by atoms with Gasteiger partial charge in [-0.1, -0.05) is 31.2 Å². The van der Waals surface area contributed by atoms with Crippen LogP contribution in [0.25, 0.3) is 0 Å². The van der Waals surface area contributed by atoms with Crippen molar-refractivity contribution >= 4 is 10.0 Å². The lowest BCUT2D eigenvalue weighted by atomic mass is 10.2. The second-order valence-corrected chi connectivity index (χ2v) is 6.87. The first-order valence-electron chi connectivity index (χ1n) is 6.93. The van der Waals surface area contributed by atoms with E-state index in [0.717, 1.165) is 17.0 Å². The van der Waals surface area contributed by atoms with Crippen molar-refractivity contribution in [2.75, 3.05) is 6.54 Å². The zero-order valence-electron chi connectivity index (χ0n) is 12.6. The summed E-state index contributed by atoms with van der Waals surface area (Å²) < 4.78 is 27.0. The van der Waals surface area contributed by atoms with Crippen molar-refractivity contribution in [3.63, 3.8) is 0 Å². The van der Waals surface area contributed by atoms with E-state index in [1.54, 1.807) is 12.1 Å². The Kier molecular flexibility index (Phi) is 4.75. The Hall–Kier alpha value is -1.72. The normalized spacial score (nSPS) is 11.8. The molecule has 2 aromatic rings. The van der Waals surface area contributed by atoms with Crippen LogP contribution < -0.4 is 0 Å². The highest BCUT2D eigenvalue weighted by Crippen LogP contribution is 2.20. The number of nitrogens with zero attached hydrogens (tertiary/aromatic N) is 2. The number of sulfonamides is 1. The van der Waals surface area contributed by atoms with Gasteiger partial charge in [0.05, 0.1) is 17.1 Å². The molecule has 5 heteroatoms. The van der Waals surface area contributed by atoms with Crippen molar-refractivity contribution < 1.29 is 8.42 Å². The molecule has 2 rings (SSSR count). The Labute approximate surface area is 126 Å². The molecular weight excluding hydrogens is 284 g/mol. The van der Waals surface area contributed by atoms with E-state index >= 15 is 0 Å². The summed E-state index contributed by atoms with van der Waals surface area (Å²) in [6.45, 7) is 6.24. The van der Waals surface area contributed by atoms with Gasteiger partial charge in [0.25, 0.3) is 0 Å². The Balaban J connectivity index is 2.35. The number of benzene rings is 1. The molecule has 0 aliphatic heterocycles. The summed E-state index contributed by atoms with van der Waals surface area (Å²) in [6, 6.07) is 12.7. The molecule has 0 amide bonds. The van der Waals surface area contributed by atoms with Crippen molar-refractivity contribution in [2.45, 2.75) is 32.2 Å². The molecule has 1 aromatic carbocycles. The van der Waals surface area contributed by atoms with E-state index < -0.39 is 10.0 Å². The van der Waals surface area contributed by atoms with Crippen LogP contribution in [0.1, 0.15) is 23.9 Å². The minimum absolute atomic E-state index is 0.287. The van der Waals surface area contributed by atoms with Crippen LogP contribution in [0.4, 0.5) is 0 Å². The van der Waals surface area contributed by atoms with Crippen LogP contribution in [0.2, 0.25) is 0 Å². The lowest BCUT2D eigenvalue weighted by Gasteiger charge is -2.21. The Bertz CT molecular complexity index is 727. The Morgan fingerprint density at radius 2 is 1.76 bits per heavy atom. The fourth-order valence-electron chi connectivity index (χ4n) is 2.22. The minimum atomic E-state index is -3.50. The van der Waals surface area contributed by atoms with Gasteiger partial charge >= 0.3 is 0 Å². The SMILES string of the molecule is CCN(Cc1cccc(C)n1)S(=O)(=O)c1ccccc1C. The molecule has 0 aliphatic rings. The average molecular weight is 304 g/mol. The quantitative estimate of drug-likeness (QED) is 0.853. The van der Waals surface area contributed by atoms with Gasteiger partial charge in [0.2, 0.25) is 10.0 Å². The van der Waals surface area contributed by atoms with E-state index in [9.17, 15) is 8.42 Å². The molecule has 112 valence electrons. The molecule has 0 unspecified atom stereocenters. The van der Waals surface area contributed by atoms with E-state index in [2.05, 4.69) is 4.98 Å². The highest BCUT2D eigenvalue weighted by Gasteiger charge is 2.24. The molecule has 0 N–H and O–H groups in total. The summed E-state index contributed by atoms with van der Waals surface area (Å²) in [5.41, 5.74) is 2.40. The summed E-state index contributed by atoms with van der Waals surface area (Å²) in [6.07, 6.45) is 0. The molecule has 0 aliphatic carbocycles. The predicted molar refractivity (Wildman–Crippen MR) is 83.4 cm³/mol. The molecule has 0 spiro atoms. The maximum absolute atomic E-state index is 12.8. The van der Waals surface area contributed by atoms with Crippen molar-refractivity contribution in [3.05, 3.63) is 59.4 Å². The van der Waals surface area contributed by atoms with Gasteiger partial charge in [0.1, 0.15) is 0 Å². The van der Waals surface area contributed by atoms with Crippen molar-refractivity contribution in [1.29, 1.82) is 0 Å². The topological polar surface area (TPSA) is 50.3 Å². The van der Waals surface area contributed by atoms with Crippen LogP contribution >= 0.6 is 0 Å². The molecule has 0 bridgehead atoms. The van der Waals surface area contributed by atoms with E-state index in [0.29, 0.717) is 11.4 Å². The summed E-state index contributed by atoms with van der Waals surface area (Å²) in [4.78, 5) is 4.75. The largest absolute Gasteiger partial charge is 0.257 e. The Morgan fingerprint density at radius 3 is 2.38 bits per heavy atom. The minimum Gasteiger partial charge on any atom is -0.257 e. The summed E-state index contributed by atoms with van der Waals surface area (Å²) in [5.74, 6) is 0. The lowest BCUT2D eigenvalue weighted by molar-refractivity contribution is 0.418. The van der Waals surface area contributed by atoms with Gasteiger partial charge in [0, 0.05) is 12.2 Å². The number of rotatable bonds is 5. The molecular formula is C16H20N2O2S. The molecule has 0 saturated carbocycles. The first kappa shape index (κ1) is 15.7. The average Bonchev–Trinajstić information content (AvgIpc) is 2.45. The van der Waals surface area contributed by atoms with Gasteiger partial charge in [-0.15, -0.1) is 0 Å².